The van der Waals surface area contributed by atoms with Crippen molar-refractivity contribution < 1.29 is 14.3 Å². The molecule has 1 atom stereocenters. The molecule has 0 radical (unpaired) electrons. The third-order valence-corrected chi connectivity index (χ3v) is 3.16. The molecular weight excluding hydrogens is 232 g/mol. The predicted octanol–water partition coefficient (Wildman–Crippen LogP) is 1.17. The molecule has 2 heterocycles. The third-order valence-electron chi connectivity index (χ3n) is 3.16. The fourth-order valence-electron chi connectivity index (χ4n) is 2.19. The van der Waals surface area contributed by atoms with Gasteiger partial charge < -0.3 is 4.74 Å². The lowest BCUT2D eigenvalue weighted by molar-refractivity contribution is -0.145. The normalized spacial score (nSPS) is 19.1. The van der Waals surface area contributed by atoms with E-state index in [9.17, 15) is 9.59 Å². The van der Waals surface area contributed by atoms with Crippen LogP contribution in [0.5, 0.6) is 0 Å². The van der Waals surface area contributed by atoms with Gasteiger partial charge in [0.15, 0.2) is 0 Å². The minimum absolute atomic E-state index is 0.0706. The number of methoxy groups -OCH3 is 1. The first-order valence-electron chi connectivity index (χ1n) is 5.99. The number of carbonyl (C=O) groups is 2. The molecule has 2 rings (SSSR count). The number of esters is 1. The van der Waals surface area contributed by atoms with Gasteiger partial charge in [-0.15, -0.1) is 0 Å². The molecule has 0 N–H and O–H groups in total. The van der Waals surface area contributed by atoms with Gasteiger partial charge in [0.25, 0.3) is 0 Å². The number of aromatic nitrogens is 1. The van der Waals surface area contributed by atoms with Crippen molar-refractivity contribution in [2.45, 2.75) is 19.8 Å². The largest absolute Gasteiger partial charge is 0.469 e. The highest BCUT2D eigenvalue weighted by Crippen LogP contribution is 2.26. The van der Waals surface area contributed by atoms with Crippen molar-refractivity contribution in [3.63, 3.8) is 0 Å². The average Bonchev–Trinajstić information content (AvgIpc) is 2.79. The molecular formula is C13H16N2O3. The Bertz CT molecular complexity index is 473. The second-order valence-electron chi connectivity index (χ2n) is 4.27. The molecule has 1 amide bonds. The number of hydrogen-bond donors (Lipinski definition) is 0. The van der Waals surface area contributed by atoms with E-state index < -0.39 is 0 Å². The van der Waals surface area contributed by atoms with Gasteiger partial charge in [0.2, 0.25) is 5.91 Å². The summed E-state index contributed by atoms with van der Waals surface area (Å²) < 4.78 is 4.69. The Morgan fingerprint density at radius 1 is 1.61 bits per heavy atom. The summed E-state index contributed by atoms with van der Waals surface area (Å²) in [6, 6.07) is 3.79. The van der Waals surface area contributed by atoms with Gasteiger partial charge in [-0.25, -0.2) is 4.98 Å². The second kappa shape index (κ2) is 5.16. The van der Waals surface area contributed by atoms with Crippen LogP contribution in [0.2, 0.25) is 0 Å². The van der Waals surface area contributed by atoms with Crippen LogP contribution in [0.25, 0.3) is 0 Å². The zero-order valence-electron chi connectivity index (χ0n) is 10.5. The lowest BCUT2D eigenvalue weighted by Crippen LogP contribution is -2.28. The maximum atomic E-state index is 12.0. The van der Waals surface area contributed by atoms with E-state index in [1.54, 1.807) is 11.1 Å². The number of amides is 1. The minimum Gasteiger partial charge on any atom is -0.469 e. The summed E-state index contributed by atoms with van der Waals surface area (Å²) in [6.07, 6.45) is 2.66. The number of rotatable bonds is 3. The average molecular weight is 248 g/mol. The molecule has 0 aliphatic carbocycles. The highest BCUT2D eigenvalue weighted by molar-refractivity contribution is 5.99. The third kappa shape index (κ3) is 2.20. The Labute approximate surface area is 106 Å². The molecule has 18 heavy (non-hydrogen) atoms. The lowest BCUT2D eigenvalue weighted by Gasteiger charge is -2.18. The molecule has 1 unspecified atom stereocenters. The number of carbonyl (C=O) groups excluding carboxylic acids is 2. The van der Waals surface area contributed by atoms with Crippen molar-refractivity contribution in [2.75, 3.05) is 18.6 Å². The van der Waals surface area contributed by atoms with Gasteiger partial charge in [-0.2, -0.15) is 0 Å². The zero-order chi connectivity index (χ0) is 13.1. The lowest BCUT2D eigenvalue weighted by atomic mass is 10.1. The van der Waals surface area contributed by atoms with Gasteiger partial charge >= 0.3 is 5.97 Å². The summed E-state index contributed by atoms with van der Waals surface area (Å²) in [4.78, 5) is 29.3. The summed E-state index contributed by atoms with van der Waals surface area (Å²) in [5.74, 6) is -0.121. The van der Waals surface area contributed by atoms with E-state index in [1.165, 1.54) is 7.11 Å². The number of pyridine rings is 1. The van der Waals surface area contributed by atoms with Crippen LogP contribution in [0.4, 0.5) is 5.82 Å². The summed E-state index contributed by atoms with van der Waals surface area (Å²) in [5.41, 5.74) is 1.01. The molecule has 1 aliphatic rings. The molecule has 0 saturated carbocycles. The van der Waals surface area contributed by atoms with Crippen LogP contribution in [-0.4, -0.2) is 30.5 Å². The first kappa shape index (κ1) is 12.5. The molecule has 96 valence electrons. The molecule has 0 spiro atoms. The van der Waals surface area contributed by atoms with Gasteiger partial charge in [-0.3, -0.25) is 14.5 Å². The van der Waals surface area contributed by atoms with Crippen molar-refractivity contribution in [3.8, 4) is 0 Å². The van der Waals surface area contributed by atoms with Crippen molar-refractivity contribution in [2.24, 2.45) is 5.92 Å². The number of nitrogens with zero attached hydrogens (tertiary/aromatic N) is 2. The van der Waals surface area contributed by atoms with E-state index in [4.69, 9.17) is 0 Å². The van der Waals surface area contributed by atoms with Crippen LogP contribution in [0.15, 0.2) is 18.3 Å². The van der Waals surface area contributed by atoms with E-state index in [0.29, 0.717) is 12.4 Å². The quantitative estimate of drug-likeness (QED) is 0.753. The van der Waals surface area contributed by atoms with Crippen molar-refractivity contribution in [1.29, 1.82) is 0 Å². The van der Waals surface area contributed by atoms with E-state index in [1.807, 2.05) is 19.1 Å². The Balaban J connectivity index is 2.24. The first-order valence-corrected chi connectivity index (χ1v) is 5.99. The number of hydrogen-bond acceptors (Lipinski definition) is 4. The fourth-order valence-corrected chi connectivity index (χ4v) is 2.19. The van der Waals surface area contributed by atoms with Crippen molar-refractivity contribution in [1.82, 2.24) is 4.98 Å². The standard InChI is InChI=1S/C13H16N2O3/c1-3-9-5-4-6-14-12(9)15-8-10(7-11(15)16)13(17)18-2/h4-6,10H,3,7-8H2,1-2H3. The monoisotopic (exact) mass is 248 g/mol. The van der Waals surface area contributed by atoms with E-state index >= 15 is 0 Å². The van der Waals surface area contributed by atoms with Crippen LogP contribution in [0.1, 0.15) is 18.9 Å². The number of anilines is 1. The SMILES string of the molecule is CCc1cccnc1N1CC(C(=O)OC)CC1=O. The van der Waals surface area contributed by atoms with Gasteiger partial charge in [0.05, 0.1) is 13.0 Å². The molecule has 1 saturated heterocycles. The Morgan fingerprint density at radius 2 is 2.39 bits per heavy atom. The van der Waals surface area contributed by atoms with E-state index in [2.05, 4.69) is 9.72 Å². The number of aryl methyl sites for hydroxylation is 1. The van der Waals surface area contributed by atoms with E-state index in [0.717, 1.165) is 12.0 Å². The molecule has 5 nitrogen and oxygen atoms in total. The highest BCUT2D eigenvalue weighted by atomic mass is 16.5. The Morgan fingerprint density at radius 3 is 3.06 bits per heavy atom. The summed E-state index contributed by atoms with van der Waals surface area (Å²) >= 11 is 0. The zero-order valence-corrected chi connectivity index (χ0v) is 10.5. The maximum absolute atomic E-state index is 12.0. The van der Waals surface area contributed by atoms with Crippen LogP contribution in [0.3, 0.4) is 0 Å². The summed E-state index contributed by atoms with van der Waals surface area (Å²) in [5, 5.41) is 0. The van der Waals surface area contributed by atoms with Gasteiger partial charge in [-0.05, 0) is 18.1 Å². The van der Waals surface area contributed by atoms with Crippen molar-refractivity contribution >= 4 is 17.7 Å². The minimum atomic E-state index is -0.380. The molecule has 1 aromatic rings. The Kier molecular flexibility index (Phi) is 3.60. The molecule has 0 bridgehead atoms. The van der Waals surface area contributed by atoms with Gasteiger partial charge in [-0.1, -0.05) is 13.0 Å². The fraction of sp³-hybridized carbons (Fsp3) is 0.462. The summed E-state index contributed by atoms with van der Waals surface area (Å²) in [6.45, 7) is 2.37. The van der Waals surface area contributed by atoms with Crippen LogP contribution in [-0.2, 0) is 20.7 Å². The van der Waals surface area contributed by atoms with Crippen LogP contribution >= 0.6 is 0 Å². The molecule has 5 heteroatoms. The molecule has 1 fully saturated rings. The Hall–Kier alpha value is -1.91. The topological polar surface area (TPSA) is 59.5 Å². The van der Waals surface area contributed by atoms with Gasteiger partial charge in [0, 0.05) is 19.2 Å². The predicted molar refractivity (Wildman–Crippen MR) is 66.1 cm³/mol. The molecule has 0 aromatic carbocycles. The van der Waals surface area contributed by atoms with Gasteiger partial charge in [0.1, 0.15) is 5.82 Å². The molecule has 1 aliphatic heterocycles. The van der Waals surface area contributed by atoms with Crippen molar-refractivity contribution in [3.05, 3.63) is 23.9 Å². The highest BCUT2D eigenvalue weighted by Gasteiger charge is 2.36. The molecule has 1 aromatic heterocycles. The smallest absolute Gasteiger partial charge is 0.311 e. The first-order chi connectivity index (χ1) is 8.67. The second-order valence-corrected chi connectivity index (χ2v) is 4.27. The van der Waals surface area contributed by atoms with E-state index in [-0.39, 0.29) is 24.2 Å². The number of ether oxygens (including phenoxy) is 1. The summed E-state index contributed by atoms with van der Waals surface area (Å²) in [7, 11) is 1.34. The van der Waals surface area contributed by atoms with Crippen LogP contribution in [0, 0.1) is 5.92 Å². The maximum Gasteiger partial charge on any atom is 0.311 e. The van der Waals surface area contributed by atoms with Crippen LogP contribution < -0.4 is 4.90 Å².